The summed E-state index contributed by atoms with van der Waals surface area (Å²) in [7, 11) is 0. The molecule has 1 saturated heterocycles. The van der Waals surface area contributed by atoms with Gasteiger partial charge in [0.2, 0.25) is 6.79 Å². The fourth-order valence-electron chi connectivity index (χ4n) is 2.41. The number of rotatable bonds is 2. The summed E-state index contributed by atoms with van der Waals surface area (Å²) in [5, 5.41) is 3.33. The van der Waals surface area contributed by atoms with Crippen LogP contribution >= 0.6 is 15.9 Å². The molecule has 1 aromatic carbocycles. The Kier molecular flexibility index (Phi) is 2.80. The van der Waals surface area contributed by atoms with Gasteiger partial charge in [0.1, 0.15) is 0 Å². The van der Waals surface area contributed by atoms with Crippen LogP contribution in [0.5, 0.6) is 11.5 Å². The summed E-state index contributed by atoms with van der Waals surface area (Å²) in [4.78, 5) is 11.0. The van der Waals surface area contributed by atoms with Gasteiger partial charge in [-0.25, -0.2) is 0 Å². The second-order valence-corrected chi connectivity index (χ2v) is 5.09. The van der Waals surface area contributed by atoms with Crippen LogP contribution in [-0.4, -0.2) is 26.2 Å². The Bertz CT molecular complexity index is 469. The molecule has 0 aliphatic carbocycles. The van der Waals surface area contributed by atoms with Crippen LogP contribution in [0.4, 0.5) is 0 Å². The van der Waals surface area contributed by atoms with Gasteiger partial charge >= 0.3 is 0 Å². The van der Waals surface area contributed by atoms with Crippen molar-refractivity contribution in [2.75, 3.05) is 19.9 Å². The minimum Gasteiger partial charge on any atom is -0.453 e. The van der Waals surface area contributed by atoms with E-state index in [0.29, 0.717) is 17.2 Å². The first-order valence-electron chi connectivity index (χ1n) is 5.59. The molecule has 2 heterocycles. The number of hydrogen-bond donors (Lipinski definition) is 1. The quantitative estimate of drug-likeness (QED) is 0.849. The van der Waals surface area contributed by atoms with E-state index in [-0.39, 0.29) is 6.79 Å². The molecule has 2 aliphatic rings. The van der Waals surface area contributed by atoms with Crippen LogP contribution in [0.2, 0.25) is 0 Å². The summed E-state index contributed by atoms with van der Waals surface area (Å²) in [6.07, 6.45) is 1.89. The lowest BCUT2D eigenvalue weighted by Gasteiger charge is -2.13. The number of hydrogen-bond acceptors (Lipinski definition) is 4. The standard InChI is InChI=1S/C12H12BrNO3/c13-10-3-8(7-1-2-14-4-7)11-12(9(10)5-15)17-6-16-11/h3,5,7,14H,1-2,4,6H2. The van der Waals surface area contributed by atoms with E-state index >= 15 is 0 Å². The second kappa shape index (κ2) is 4.31. The zero-order valence-electron chi connectivity index (χ0n) is 9.16. The molecule has 1 fully saturated rings. The molecule has 17 heavy (non-hydrogen) atoms. The first-order chi connectivity index (χ1) is 8.31. The molecule has 3 rings (SSSR count). The average molecular weight is 298 g/mol. The number of benzene rings is 1. The molecule has 0 saturated carbocycles. The van der Waals surface area contributed by atoms with Gasteiger partial charge in [-0.1, -0.05) is 0 Å². The summed E-state index contributed by atoms with van der Waals surface area (Å²) >= 11 is 3.42. The normalized spacial score (nSPS) is 21.8. The monoisotopic (exact) mass is 297 g/mol. The fourth-order valence-corrected chi connectivity index (χ4v) is 2.93. The number of nitrogens with one attached hydrogen (secondary N) is 1. The van der Waals surface area contributed by atoms with Gasteiger partial charge in [-0.15, -0.1) is 0 Å². The number of halogens is 1. The van der Waals surface area contributed by atoms with E-state index in [1.807, 2.05) is 6.07 Å². The SMILES string of the molecule is O=Cc1c(Br)cc(C2CCNC2)c2c1OCO2. The van der Waals surface area contributed by atoms with E-state index < -0.39 is 0 Å². The Morgan fingerprint density at radius 3 is 2.94 bits per heavy atom. The highest BCUT2D eigenvalue weighted by Crippen LogP contribution is 2.45. The van der Waals surface area contributed by atoms with Crippen LogP contribution in [0.3, 0.4) is 0 Å². The smallest absolute Gasteiger partial charge is 0.231 e. The van der Waals surface area contributed by atoms with Crippen molar-refractivity contribution in [2.24, 2.45) is 0 Å². The predicted molar refractivity (Wildman–Crippen MR) is 65.9 cm³/mol. The number of aldehydes is 1. The Balaban J connectivity index is 2.13. The highest BCUT2D eigenvalue weighted by molar-refractivity contribution is 9.10. The molecule has 0 bridgehead atoms. The minimum atomic E-state index is 0.194. The topological polar surface area (TPSA) is 47.6 Å². The van der Waals surface area contributed by atoms with Crippen LogP contribution in [-0.2, 0) is 0 Å². The maximum atomic E-state index is 11.0. The van der Waals surface area contributed by atoms with Gasteiger partial charge in [-0.2, -0.15) is 0 Å². The van der Waals surface area contributed by atoms with E-state index in [0.717, 1.165) is 41.6 Å². The predicted octanol–water partition coefficient (Wildman–Crippen LogP) is 2.07. The highest BCUT2D eigenvalue weighted by atomic mass is 79.9. The molecule has 1 atom stereocenters. The number of fused-ring (bicyclic) bond motifs is 1. The van der Waals surface area contributed by atoms with E-state index in [2.05, 4.69) is 21.2 Å². The molecule has 1 N–H and O–H groups in total. The Morgan fingerprint density at radius 1 is 1.41 bits per heavy atom. The van der Waals surface area contributed by atoms with E-state index in [9.17, 15) is 4.79 Å². The van der Waals surface area contributed by atoms with E-state index in [1.165, 1.54) is 0 Å². The van der Waals surface area contributed by atoms with Gasteiger partial charge in [0.25, 0.3) is 0 Å². The average Bonchev–Trinajstić information content (AvgIpc) is 2.99. The van der Waals surface area contributed by atoms with E-state index in [4.69, 9.17) is 9.47 Å². The molecule has 90 valence electrons. The molecule has 0 amide bonds. The van der Waals surface area contributed by atoms with Gasteiger partial charge in [0.05, 0.1) is 5.56 Å². The van der Waals surface area contributed by atoms with Gasteiger partial charge in [-0.3, -0.25) is 4.79 Å². The lowest BCUT2D eigenvalue weighted by Crippen LogP contribution is -2.08. The molecule has 0 aromatic heterocycles. The lowest BCUT2D eigenvalue weighted by atomic mass is 9.95. The van der Waals surface area contributed by atoms with Crippen molar-refractivity contribution >= 4 is 22.2 Å². The Morgan fingerprint density at radius 2 is 2.24 bits per heavy atom. The zero-order chi connectivity index (χ0) is 11.8. The molecule has 5 heteroatoms. The third kappa shape index (κ3) is 1.73. The first-order valence-corrected chi connectivity index (χ1v) is 6.38. The van der Waals surface area contributed by atoms with Crippen LogP contribution in [0.25, 0.3) is 0 Å². The van der Waals surface area contributed by atoms with Crippen molar-refractivity contribution in [3.05, 3.63) is 21.7 Å². The van der Waals surface area contributed by atoms with Crippen LogP contribution in [0, 0.1) is 0 Å². The number of carbonyl (C=O) groups excluding carboxylic acids is 1. The largest absolute Gasteiger partial charge is 0.453 e. The van der Waals surface area contributed by atoms with Crippen LogP contribution < -0.4 is 14.8 Å². The molecule has 2 aliphatic heterocycles. The third-order valence-electron chi connectivity index (χ3n) is 3.28. The van der Waals surface area contributed by atoms with Gasteiger partial charge in [0, 0.05) is 22.5 Å². The van der Waals surface area contributed by atoms with Gasteiger partial charge in [-0.05, 0) is 35.0 Å². The van der Waals surface area contributed by atoms with Crippen LogP contribution in [0.15, 0.2) is 10.5 Å². The number of carbonyl (C=O) groups is 1. The van der Waals surface area contributed by atoms with Gasteiger partial charge in [0.15, 0.2) is 17.8 Å². The molecule has 1 aromatic rings. The third-order valence-corrected chi connectivity index (χ3v) is 3.93. The maximum absolute atomic E-state index is 11.0. The summed E-state index contributed by atoms with van der Waals surface area (Å²) in [5.74, 6) is 1.75. The first kappa shape index (κ1) is 11.0. The van der Waals surface area contributed by atoms with Crippen molar-refractivity contribution in [1.82, 2.24) is 5.32 Å². The highest BCUT2D eigenvalue weighted by Gasteiger charge is 2.29. The number of ether oxygens (including phenoxy) is 2. The Labute approximate surface area is 107 Å². The summed E-state index contributed by atoms with van der Waals surface area (Å²) in [6.45, 7) is 2.16. The maximum Gasteiger partial charge on any atom is 0.231 e. The van der Waals surface area contributed by atoms with Crippen LogP contribution in [0.1, 0.15) is 28.3 Å². The second-order valence-electron chi connectivity index (χ2n) is 4.23. The molecule has 0 spiro atoms. The molecular weight excluding hydrogens is 286 g/mol. The van der Waals surface area contributed by atoms with Crippen molar-refractivity contribution in [3.63, 3.8) is 0 Å². The summed E-state index contributed by atoms with van der Waals surface area (Å²) in [5.41, 5.74) is 1.66. The summed E-state index contributed by atoms with van der Waals surface area (Å²) < 4.78 is 11.7. The van der Waals surface area contributed by atoms with Crippen molar-refractivity contribution in [3.8, 4) is 11.5 Å². The molecular formula is C12H12BrNO3. The fraction of sp³-hybridized carbons (Fsp3) is 0.417. The Hall–Kier alpha value is -1.07. The van der Waals surface area contributed by atoms with Gasteiger partial charge < -0.3 is 14.8 Å². The molecule has 4 nitrogen and oxygen atoms in total. The van der Waals surface area contributed by atoms with Crippen molar-refractivity contribution < 1.29 is 14.3 Å². The molecule has 0 radical (unpaired) electrons. The lowest BCUT2D eigenvalue weighted by molar-refractivity contribution is 0.111. The minimum absolute atomic E-state index is 0.194. The van der Waals surface area contributed by atoms with Crippen molar-refractivity contribution in [2.45, 2.75) is 12.3 Å². The van der Waals surface area contributed by atoms with Crippen molar-refractivity contribution in [1.29, 1.82) is 0 Å². The van der Waals surface area contributed by atoms with E-state index in [1.54, 1.807) is 0 Å². The summed E-state index contributed by atoms with van der Waals surface area (Å²) in [6, 6.07) is 1.98. The molecule has 1 unspecified atom stereocenters. The zero-order valence-corrected chi connectivity index (χ0v) is 10.7.